The number of aromatic nitrogens is 2. The lowest BCUT2D eigenvalue weighted by Gasteiger charge is -2.10. The number of carbonyl (C=O) groups is 2. The van der Waals surface area contributed by atoms with Crippen LogP contribution in [0, 0.1) is 0 Å². The van der Waals surface area contributed by atoms with E-state index in [9.17, 15) is 9.59 Å². The number of ether oxygens (including phenoxy) is 1. The van der Waals surface area contributed by atoms with Gasteiger partial charge in [0.2, 0.25) is 0 Å². The van der Waals surface area contributed by atoms with Crippen molar-refractivity contribution in [2.24, 2.45) is 5.73 Å². The lowest BCUT2D eigenvalue weighted by Crippen LogP contribution is -2.12. The minimum Gasteiger partial charge on any atom is -0.491 e. The van der Waals surface area contributed by atoms with Gasteiger partial charge in [0.05, 0.1) is 22.6 Å². The first-order chi connectivity index (χ1) is 8.97. The molecule has 0 unspecified atom stereocenters. The van der Waals surface area contributed by atoms with E-state index in [4.69, 9.17) is 22.1 Å². The standard InChI is InChI=1S/C12H12ClN3O3/c1-3-19-11-6(5(2)17)4-7(13)8-9(11)15-16-10(8)12(14)18/h4H,3H2,1-2H3,(H2,14,18)(H,15,16). The van der Waals surface area contributed by atoms with E-state index in [0.29, 0.717) is 28.8 Å². The van der Waals surface area contributed by atoms with Gasteiger partial charge in [-0.1, -0.05) is 11.6 Å². The number of nitrogens with one attached hydrogen (secondary N) is 1. The number of rotatable bonds is 4. The van der Waals surface area contributed by atoms with Crippen LogP contribution < -0.4 is 10.5 Å². The number of Topliss-reactive ketones (excluding diaryl/α,β-unsaturated/α-hetero) is 1. The molecular weight excluding hydrogens is 270 g/mol. The molecule has 2 rings (SSSR count). The topological polar surface area (TPSA) is 98.1 Å². The van der Waals surface area contributed by atoms with Gasteiger partial charge in [-0.3, -0.25) is 14.7 Å². The maximum absolute atomic E-state index is 11.6. The van der Waals surface area contributed by atoms with Crippen LogP contribution >= 0.6 is 11.6 Å². The summed E-state index contributed by atoms with van der Waals surface area (Å²) in [5, 5.41) is 7.06. The van der Waals surface area contributed by atoms with Crippen molar-refractivity contribution in [3.05, 3.63) is 22.3 Å². The molecule has 1 heterocycles. The third-order valence-corrected chi connectivity index (χ3v) is 2.95. The molecule has 2 aromatic rings. The van der Waals surface area contributed by atoms with Crippen LogP contribution in [-0.2, 0) is 0 Å². The number of benzene rings is 1. The van der Waals surface area contributed by atoms with Gasteiger partial charge in [0.1, 0.15) is 5.52 Å². The smallest absolute Gasteiger partial charge is 0.269 e. The molecule has 0 saturated heterocycles. The van der Waals surface area contributed by atoms with Crippen molar-refractivity contribution in [3.63, 3.8) is 0 Å². The van der Waals surface area contributed by atoms with Crippen LogP contribution in [0.4, 0.5) is 0 Å². The monoisotopic (exact) mass is 281 g/mol. The summed E-state index contributed by atoms with van der Waals surface area (Å²) < 4.78 is 5.46. The van der Waals surface area contributed by atoms with Crippen LogP contribution in [0.15, 0.2) is 6.07 Å². The Kier molecular flexibility index (Phi) is 3.44. The van der Waals surface area contributed by atoms with E-state index in [0.717, 1.165) is 0 Å². The molecule has 0 fully saturated rings. The van der Waals surface area contributed by atoms with Crippen molar-refractivity contribution in [1.29, 1.82) is 0 Å². The van der Waals surface area contributed by atoms with E-state index in [1.165, 1.54) is 13.0 Å². The summed E-state index contributed by atoms with van der Waals surface area (Å²) in [4.78, 5) is 22.9. The van der Waals surface area contributed by atoms with Gasteiger partial charge in [0.25, 0.3) is 5.91 Å². The number of nitrogens with two attached hydrogens (primary N) is 1. The summed E-state index contributed by atoms with van der Waals surface area (Å²) in [6.45, 7) is 3.56. The Hall–Kier alpha value is -2.08. The molecule has 1 aromatic heterocycles. The lowest BCUT2D eigenvalue weighted by atomic mass is 10.1. The lowest BCUT2D eigenvalue weighted by molar-refractivity contribution is 0.0993. The fourth-order valence-electron chi connectivity index (χ4n) is 1.87. The third-order valence-electron chi connectivity index (χ3n) is 2.65. The van der Waals surface area contributed by atoms with E-state index in [1.807, 2.05) is 0 Å². The van der Waals surface area contributed by atoms with Crippen molar-refractivity contribution >= 4 is 34.2 Å². The number of carbonyl (C=O) groups excluding carboxylic acids is 2. The molecule has 6 nitrogen and oxygen atoms in total. The van der Waals surface area contributed by atoms with Gasteiger partial charge in [-0.15, -0.1) is 0 Å². The molecule has 0 radical (unpaired) electrons. The number of halogens is 1. The van der Waals surface area contributed by atoms with Crippen LogP contribution in [0.3, 0.4) is 0 Å². The molecule has 1 aromatic carbocycles. The number of H-pyrrole nitrogens is 1. The summed E-state index contributed by atoms with van der Waals surface area (Å²) >= 11 is 6.09. The number of hydrogen-bond donors (Lipinski definition) is 2. The predicted octanol–water partition coefficient (Wildman–Crippen LogP) is 1.92. The highest BCUT2D eigenvalue weighted by Crippen LogP contribution is 2.36. The number of fused-ring (bicyclic) bond motifs is 1. The molecule has 19 heavy (non-hydrogen) atoms. The summed E-state index contributed by atoms with van der Waals surface area (Å²) in [5.41, 5.74) is 5.98. The van der Waals surface area contributed by atoms with Crippen LogP contribution in [-0.4, -0.2) is 28.5 Å². The van der Waals surface area contributed by atoms with Crippen molar-refractivity contribution in [2.45, 2.75) is 13.8 Å². The van der Waals surface area contributed by atoms with Gasteiger partial charge in [0.15, 0.2) is 17.2 Å². The van der Waals surface area contributed by atoms with Crippen molar-refractivity contribution in [1.82, 2.24) is 10.2 Å². The maximum atomic E-state index is 11.6. The molecule has 0 spiro atoms. The van der Waals surface area contributed by atoms with Crippen LogP contribution in [0.5, 0.6) is 5.75 Å². The number of hydrogen-bond acceptors (Lipinski definition) is 4. The Morgan fingerprint density at radius 1 is 1.53 bits per heavy atom. The number of nitrogens with zero attached hydrogens (tertiary/aromatic N) is 1. The Bertz CT molecular complexity index is 678. The average Bonchev–Trinajstić information content (AvgIpc) is 2.77. The number of ketones is 1. The highest BCUT2D eigenvalue weighted by molar-refractivity contribution is 6.37. The largest absolute Gasteiger partial charge is 0.491 e. The Morgan fingerprint density at radius 2 is 2.21 bits per heavy atom. The summed E-state index contributed by atoms with van der Waals surface area (Å²) in [5.74, 6) is -0.567. The van der Waals surface area contributed by atoms with Gasteiger partial charge in [-0.05, 0) is 19.9 Å². The zero-order valence-electron chi connectivity index (χ0n) is 10.4. The molecule has 0 atom stereocenters. The van der Waals surface area contributed by atoms with Gasteiger partial charge in [0, 0.05) is 0 Å². The molecule has 0 bridgehead atoms. The average molecular weight is 282 g/mol. The molecular formula is C12H12ClN3O3. The second-order valence-electron chi connectivity index (χ2n) is 3.91. The van der Waals surface area contributed by atoms with Crippen molar-refractivity contribution in [3.8, 4) is 5.75 Å². The fourth-order valence-corrected chi connectivity index (χ4v) is 2.17. The number of primary amides is 1. The first kappa shape index (κ1) is 13.4. The van der Waals surface area contributed by atoms with Crippen molar-refractivity contribution in [2.75, 3.05) is 6.61 Å². The molecule has 0 saturated carbocycles. The van der Waals surface area contributed by atoms with Gasteiger partial charge in [-0.2, -0.15) is 5.10 Å². The second-order valence-corrected chi connectivity index (χ2v) is 4.32. The van der Waals surface area contributed by atoms with Crippen LogP contribution in [0.25, 0.3) is 10.9 Å². The molecule has 3 N–H and O–H groups in total. The molecule has 0 aliphatic carbocycles. The molecule has 7 heteroatoms. The highest BCUT2D eigenvalue weighted by atomic mass is 35.5. The quantitative estimate of drug-likeness (QED) is 0.836. The molecule has 0 aliphatic rings. The number of aromatic amines is 1. The Labute approximate surface area is 113 Å². The molecule has 0 aliphatic heterocycles. The van der Waals surface area contributed by atoms with E-state index in [2.05, 4.69) is 10.2 Å². The second kappa shape index (κ2) is 4.89. The van der Waals surface area contributed by atoms with Gasteiger partial charge >= 0.3 is 0 Å². The first-order valence-electron chi connectivity index (χ1n) is 5.61. The van der Waals surface area contributed by atoms with E-state index in [-0.39, 0.29) is 16.5 Å². The van der Waals surface area contributed by atoms with Crippen LogP contribution in [0.1, 0.15) is 34.7 Å². The van der Waals surface area contributed by atoms with Crippen LogP contribution in [0.2, 0.25) is 5.02 Å². The number of amides is 1. The van der Waals surface area contributed by atoms with E-state index >= 15 is 0 Å². The fraction of sp³-hybridized carbons (Fsp3) is 0.250. The normalized spacial score (nSPS) is 10.7. The highest BCUT2D eigenvalue weighted by Gasteiger charge is 2.22. The molecule has 100 valence electrons. The first-order valence-corrected chi connectivity index (χ1v) is 5.99. The summed E-state index contributed by atoms with van der Waals surface area (Å²) in [7, 11) is 0. The van der Waals surface area contributed by atoms with E-state index < -0.39 is 5.91 Å². The predicted molar refractivity (Wildman–Crippen MR) is 70.8 cm³/mol. The third kappa shape index (κ3) is 2.15. The molecule has 1 amide bonds. The zero-order chi connectivity index (χ0) is 14.2. The van der Waals surface area contributed by atoms with Gasteiger partial charge in [-0.25, -0.2) is 0 Å². The minimum atomic E-state index is -0.703. The SMILES string of the molecule is CCOc1c(C(C)=O)cc(Cl)c2c(C(N)=O)n[nH]c12. The minimum absolute atomic E-state index is 0.0241. The Morgan fingerprint density at radius 3 is 2.74 bits per heavy atom. The zero-order valence-corrected chi connectivity index (χ0v) is 11.2. The van der Waals surface area contributed by atoms with Crippen molar-refractivity contribution < 1.29 is 14.3 Å². The van der Waals surface area contributed by atoms with E-state index in [1.54, 1.807) is 6.92 Å². The summed E-state index contributed by atoms with van der Waals surface area (Å²) in [6, 6.07) is 1.46. The Balaban J connectivity index is 2.86. The summed E-state index contributed by atoms with van der Waals surface area (Å²) in [6.07, 6.45) is 0. The maximum Gasteiger partial charge on any atom is 0.269 e. The van der Waals surface area contributed by atoms with Gasteiger partial charge < -0.3 is 10.5 Å².